The lowest BCUT2D eigenvalue weighted by Crippen LogP contribution is -2.21. The second-order valence-corrected chi connectivity index (χ2v) is 6.50. The summed E-state index contributed by atoms with van der Waals surface area (Å²) >= 11 is 9.68. The molecule has 0 amide bonds. The summed E-state index contributed by atoms with van der Waals surface area (Å²) in [5.41, 5.74) is 2.06. The SMILES string of the molecule is Cc1cc(Br)ccc1Oc1ncc(CNC(C)C)cc1Cl. The molecule has 0 spiro atoms. The van der Waals surface area contributed by atoms with E-state index in [0.717, 1.165) is 27.9 Å². The normalized spacial score (nSPS) is 11.0. The number of aryl methyl sites for hydroxylation is 1. The molecular weight excluding hydrogens is 352 g/mol. The molecule has 1 heterocycles. The summed E-state index contributed by atoms with van der Waals surface area (Å²) in [6.07, 6.45) is 1.78. The highest BCUT2D eigenvalue weighted by Gasteiger charge is 2.08. The summed E-state index contributed by atoms with van der Waals surface area (Å²) in [6.45, 7) is 6.92. The first-order valence-corrected chi connectivity index (χ1v) is 7.94. The molecule has 2 rings (SSSR count). The van der Waals surface area contributed by atoms with Crippen molar-refractivity contribution in [3.63, 3.8) is 0 Å². The molecule has 2 aromatic rings. The lowest BCUT2D eigenvalue weighted by Gasteiger charge is -2.11. The minimum Gasteiger partial charge on any atom is -0.437 e. The van der Waals surface area contributed by atoms with Gasteiger partial charge >= 0.3 is 0 Å². The number of aromatic nitrogens is 1. The molecule has 0 aliphatic heterocycles. The highest BCUT2D eigenvalue weighted by atomic mass is 79.9. The molecule has 1 aromatic carbocycles. The fourth-order valence-electron chi connectivity index (χ4n) is 1.79. The molecule has 3 nitrogen and oxygen atoms in total. The second-order valence-electron chi connectivity index (χ2n) is 5.18. The molecule has 1 aromatic heterocycles. The average Bonchev–Trinajstić information content (AvgIpc) is 2.42. The first-order chi connectivity index (χ1) is 9.95. The smallest absolute Gasteiger partial charge is 0.238 e. The number of pyridine rings is 1. The van der Waals surface area contributed by atoms with Crippen molar-refractivity contribution in [2.45, 2.75) is 33.4 Å². The Morgan fingerprint density at radius 3 is 2.71 bits per heavy atom. The summed E-state index contributed by atoms with van der Waals surface area (Å²) in [5, 5.41) is 3.84. The van der Waals surface area contributed by atoms with E-state index in [2.05, 4.69) is 40.1 Å². The number of halogens is 2. The third-order valence-electron chi connectivity index (χ3n) is 2.92. The second kappa shape index (κ2) is 7.25. The number of nitrogens with zero attached hydrogens (tertiary/aromatic N) is 1. The Morgan fingerprint density at radius 1 is 1.33 bits per heavy atom. The maximum atomic E-state index is 6.25. The maximum absolute atomic E-state index is 6.25. The molecule has 0 fully saturated rings. The molecule has 0 radical (unpaired) electrons. The largest absolute Gasteiger partial charge is 0.437 e. The van der Waals surface area contributed by atoms with Gasteiger partial charge in [0.2, 0.25) is 5.88 Å². The summed E-state index contributed by atoms with van der Waals surface area (Å²) in [4.78, 5) is 4.31. The van der Waals surface area contributed by atoms with Crippen LogP contribution in [0.15, 0.2) is 34.9 Å². The van der Waals surface area contributed by atoms with Crippen LogP contribution in [0.3, 0.4) is 0 Å². The minimum absolute atomic E-state index is 0.421. The van der Waals surface area contributed by atoms with E-state index in [1.54, 1.807) is 6.20 Å². The Labute approximate surface area is 138 Å². The van der Waals surface area contributed by atoms with Gasteiger partial charge in [-0.15, -0.1) is 0 Å². The molecule has 0 atom stereocenters. The minimum atomic E-state index is 0.421. The summed E-state index contributed by atoms with van der Waals surface area (Å²) in [5.74, 6) is 1.18. The molecule has 0 bridgehead atoms. The van der Waals surface area contributed by atoms with E-state index in [1.165, 1.54) is 0 Å². The van der Waals surface area contributed by atoms with Crippen LogP contribution in [-0.4, -0.2) is 11.0 Å². The van der Waals surface area contributed by atoms with E-state index in [0.29, 0.717) is 16.9 Å². The van der Waals surface area contributed by atoms with Crippen LogP contribution < -0.4 is 10.1 Å². The summed E-state index contributed by atoms with van der Waals surface area (Å²) in [6, 6.07) is 8.12. The van der Waals surface area contributed by atoms with E-state index in [9.17, 15) is 0 Å². The van der Waals surface area contributed by atoms with Crippen LogP contribution in [0.2, 0.25) is 5.02 Å². The van der Waals surface area contributed by atoms with Crippen molar-refractivity contribution >= 4 is 27.5 Å². The number of ether oxygens (including phenoxy) is 1. The standard InChI is InChI=1S/C16H18BrClN2O/c1-10(2)19-8-12-7-14(18)16(20-9-12)21-15-5-4-13(17)6-11(15)3/h4-7,9-10,19H,8H2,1-3H3. The summed E-state index contributed by atoms with van der Waals surface area (Å²) < 4.78 is 6.81. The fourth-order valence-corrected chi connectivity index (χ4v) is 2.49. The lowest BCUT2D eigenvalue weighted by molar-refractivity contribution is 0.459. The fraction of sp³-hybridized carbons (Fsp3) is 0.312. The molecule has 0 saturated carbocycles. The van der Waals surface area contributed by atoms with E-state index < -0.39 is 0 Å². The highest BCUT2D eigenvalue weighted by molar-refractivity contribution is 9.10. The van der Waals surface area contributed by atoms with Gasteiger partial charge in [-0.25, -0.2) is 4.98 Å². The first-order valence-electron chi connectivity index (χ1n) is 6.77. The van der Waals surface area contributed by atoms with Gasteiger partial charge in [-0.2, -0.15) is 0 Å². The quantitative estimate of drug-likeness (QED) is 0.796. The van der Waals surface area contributed by atoms with Gasteiger partial charge in [0, 0.05) is 23.3 Å². The number of hydrogen-bond acceptors (Lipinski definition) is 3. The Balaban J connectivity index is 2.13. The van der Waals surface area contributed by atoms with Crippen molar-refractivity contribution < 1.29 is 4.74 Å². The van der Waals surface area contributed by atoms with Gasteiger partial charge in [-0.3, -0.25) is 0 Å². The van der Waals surface area contributed by atoms with Gasteiger partial charge in [-0.1, -0.05) is 41.4 Å². The lowest BCUT2D eigenvalue weighted by atomic mass is 10.2. The van der Waals surface area contributed by atoms with Crippen molar-refractivity contribution in [2.24, 2.45) is 0 Å². The van der Waals surface area contributed by atoms with Crippen LogP contribution >= 0.6 is 27.5 Å². The van der Waals surface area contributed by atoms with Crippen LogP contribution in [0.4, 0.5) is 0 Å². The van der Waals surface area contributed by atoms with E-state index in [-0.39, 0.29) is 0 Å². The maximum Gasteiger partial charge on any atom is 0.238 e. The molecule has 0 aliphatic carbocycles. The molecule has 0 aliphatic rings. The summed E-state index contributed by atoms with van der Waals surface area (Å²) in [7, 11) is 0. The predicted molar refractivity (Wildman–Crippen MR) is 90.2 cm³/mol. The Kier molecular flexibility index (Phi) is 5.62. The van der Waals surface area contributed by atoms with Gasteiger partial charge in [0.15, 0.2) is 0 Å². The monoisotopic (exact) mass is 368 g/mol. The first kappa shape index (κ1) is 16.3. The molecule has 5 heteroatoms. The van der Waals surface area contributed by atoms with E-state index >= 15 is 0 Å². The Bertz CT molecular complexity index is 632. The zero-order valence-corrected chi connectivity index (χ0v) is 14.6. The van der Waals surface area contributed by atoms with Gasteiger partial charge < -0.3 is 10.1 Å². The van der Waals surface area contributed by atoms with Gasteiger partial charge in [0.25, 0.3) is 0 Å². The third-order valence-corrected chi connectivity index (χ3v) is 3.69. The topological polar surface area (TPSA) is 34.1 Å². The number of rotatable bonds is 5. The molecule has 1 N–H and O–H groups in total. The van der Waals surface area contributed by atoms with Gasteiger partial charge in [0.1, 0.15) is 10.8 Å². The third kappa shape index (κ3) is 4.70. The number of nitrogens with one attached hydrogen (secondary N) is 1. The van der Waals surface area contributed by atoms with Crippen molar-refractivity contribution in [3.05, 3.63) is 51.1 Å². The molecule has 0 saturated heterocycles. The zero-order chi connectivity index (χ0) is 15.4. The zero-order valence-electron chi connectivity index (χ0n) is 12.3. The van der Waals surface area contributed by atoms with Crippen molar-refractivity contribution in [1.29, 1.82) is 0 Å². The van der Waals surface area contributed by atoms with Crippen LogP contribution in [0.1, 0.15) is 25.0 Å². The van der Waals surface area contributed by atoms with Crippen LogP contribution in [-0.2, 0) is 6.54 Å². The van der Waals surface area contributed by atoms with Crippen molar-refractivity contribution in [1.82, 2.24) is 10.3 Å². The van der Waals surface area contributed by atoms with Crippen LogP contribution in [0.25, 0.3) is 0 Å². The number of benzene rings is 1. The van der Waals surface area contributed by atoms with Gasteiger partial charge in [-0.05, 0) is 42.3 Å². The van der Waals surface area contributed by atoms with Gasteiger partial charge in [0.05, 0.1) is 0 Å². The molecule has 112 valence electrons. The van der Waals surface area contributed by atoms with Crippen LogP contribution in [0, 0.1) is 6.92 Å². The van der Waals surface area contributed by atoms with Crippen molar-refractivity contribution in [2.75, 3.05) is 0 Å². The molecule has 0 unspecified atom stereocenters. The molecular formula is C16H18BrClN2O. The molecule has 21 heavy (non-hydrogen) atoms. The Hall–Kier alpha value is -1.10. The van der Waals surface area contributed by atoms with Crippen molar-refractivity contribution in [3.8, 4) is 11.6 Å². The highest BCUT2D eigenvalue weighted by Crippen LogP contribution is 2.30. The Morgan fingerprint density at radius 2 is 2.10 bits per heavy atom. The van der Waals surface area contributed by atoms with Crippen LogP contribution in [0.5, 0.6) is 11.6 Å². The average molecular weight is 370 g/mol. The van der Waals surface area contributed by atoms with E-state index in [4.69, 9.17) is 16.3 Å². The predicted octanol–water partition coefficient (Wildman–Crippen LogP) is 5.10. The van der Waals surface area contributed by atoms with E-state index in [1.807, 2.05) is 31.2 Å². The number of hydrogen-bond donors (Lipinski definition) is 1.